The third-order valence-electron chi connectivity index (χ3n) is 6.45. The average Bonchev–Trinajstić information content (AvgIpc) is 2.86. The second-order valence-electron chi connectivity index (χ2n) is 8.96. The number of anilines is 3. The Morgan fingerprint density at radius 2 is 1.92 bits per heavy atom. The van der Waals surface area contributed by atoms with Crippen molar-refractivity contribution in [2.24, 2.45) is 0 Å². The lowest BCUT2D eigenvalue weighted by Crippen LogP contribution is -2.52. The van der Waals surface area contributed by atoms with Gasteiger partial charge in [0.15, 0.2) is 5.69 Å². The molecule has 5 N–H and O–H groups in total. The molecule has 11 nitrogen and oxygen atoms in total. The van der Waals surface area contributed by atoms with Gasteiger partial charge in [-0.3, -0.25) is 24.0 Å². The highest BCUT2D eigenvalue weighted by atomic mass is 16.2. The van der Waals surface area contributed by atoms with Crippen LogP contribution in [0.3, 0.4) is 0 Å². The predicted molar refractivity (Wildman–Crippen MR) is 141 cm³/mol. The van der Waals surface area contributed by atoms with Crippen LogP contribution in [-0.2, 0) is 11.3 Å². The van der Waals surface area contributed by atoms with Crippen LogP contribution in [0.15, 0.2) is 39.9 Å². The molecule has 36 heavy (non-hydrogen) atoms. The Kier molecular flexibility index (Phi) is 9.69. The van der Waals surface area contributed by atoms with Crippen molar-refractivity contribution in [3.63, 3.8) is 0 Å². The second-order valence-corrected chi connectivity index (χ2v) is 8.96. The standard InChI is InChI=1S/C25H37N7O4/c1-3-5-15-32-22(26)21(23(34)29-25(32)36)31(4-2)20(33)17-30-14-10-9-13-19(30)16-27-24(35)28-18-11-7-6-8-12-18/h6-8,11-12,19H,3-5,9-10,13-17,26H2,1-2H3,(H2,27,28,35)(H,29,34,36). The van der Waals surface area contributed by atoms with Crippen molar-refractivity contribution in [1.29, 1.82) is 0 Å². The monoisotopic (exact) mass is 499 g/mol. The topological polar surface area (TPSA) is 146 Å². The highest BCUT2D eigenvalue weighted by Gasteiger charge is 2.29. The van der Waals surface area contributed by atoms with Crippen molar-refractivity contribution >= 4 is 29.1 Å². The normalized spacial score (nSPS) is 15.9. The minimum atomic E-state index is -0.671. The van der Waals surface area contributed by atoms with Crippen LogP contribution in [0, 0.1) is 0 Å². The van der Waals surface area contributed by atoms with Gasteiger partial charge in [0.25, 0.3) is 5.56 Å². The Labute approximate surface area is 210 Å². The molecule has 1 fully saturated rings. The summed E-state index contributed by atoms with van der Waals surface area (Å²) in [5, 5.41) is 5.70. The van der Waals surface area contributed by atoms with Crippen molar-refractivity contribution < 1.29 is 9.59 Å². The van der Waals surface area contributed by atoms with Crippen molar-refractivity contribution in [2.75, 3.05) is 42.1 Å². The number of aromatic amines is 1. The van der Waals surface area contributed by atoms with Crippen LogP contribution in [0.5, 0.6) is 0 Å². The van der Waals surface area contributed by atoms with E-state index >= 15 is 0 Å². The molecule has 0 spiro atoms. The van der Waals surface area contributed by atoms with Gasteiger partial charge in [-0.15, -0.1) is 0 Å². The molecule has 0 saturated carbocycles. The molecule has 196 valence electrons. The number of H-pyrrole nitrogens is 1. The minimum absolute atomic E-state index is 0.00171. The fourth-order valence-corrected chi connectivity index (χ4v) is 4.50. The first-order valence-corrected chi connectivity index (χ1v) is 12.6. The van der Waals surface area contributed by atoms with Crippen molar-refractivity contribution in [2.45, 2.75) is 58.5 Å². The van der Waals surface area contributed by atoms with Crippen LogP contribution in [0.4, 0.5) is 22.0 Å². The highest BCUT2D eigenvalue weighted by molar-refractivity contribution is 5.96. The number of nitrogens with two attached hydrogens (primary N) is 1. The van der Waals surface area contributed by atoms with E-state index in [1.807, 2.05) is 42.2 Å². The van der Waals surface area contributed by atoms with Gasteiger partial charge in [-0.05, 0) is 44.9 Å². The van der Waals surface area contributed by atoms with Crippen LogP contribution in [-0.4, -0.2) is 58.6 Å². The molecule has 3 rings (SSSR count). The highest BCUT2D eigenvalue weighted by Crippen LogP contribution is 2.20. The number of urea groups is 1. The summed E-state index contributed by atoms with van der Waals surface area (Å²) in [6.07, 6.45) is 4.36. The molecule has 3 amide bonds. The maximum absolute atomic E-state index is 13.4. The summed E-state index contributed by atoms with van der Waals surface area (Å²) in [4.78, 5) is 56.3. The number of likely N-dealkylation sites (N-methyl/N-ethyl adjacent to an activating group) is 1. The van der Waals surface area contributed by atoms with Crippen molar-refractivity contribution in [3.05, 3.63) is 51.2 Å². The molecular formula is C25H37N7O4. The van der Waals surface area contributed by atoms with E-state index in [1.165, 1.54) is 9.47 Å². The second kappa shape index (κ2) is 12.9. The molecule has 1 aliphatic heterocycles. The summed E-state index contributed by atoms with van der Waals surface area (Å²) in [7, 11) is 0. The molecule has 1 aromatic carbocycles. The zero-order valence-corrected chi connectivity index (χ0v) is 21.1. The number of hydrogen-bond acceptors (Lipinski definition) is 6. The molecule has 1 aromatic heterocycles. The lowest BCUT2D eigenvalue weighted by Gasteiger charge is -2.36. The quantitative estimate of drug-likeness (QED) is 0.393. The van der Waals surface area contributed by atoms with E-state index in [2.05, 4.69) is 15.6 Å². The molecule has 1 atom stereocenters. The lowest BCUT2D eigenvalue weighted by atomic mass is 10.0. The van der Waals surface area contributed by atoms with Crippen LogP contribution in [0.25, 0.3) is 0 Å². The fraction of sp³-hybridized carbons (Fsp3) is 0.520. The number of carbonyl (C=O) groups is 2. The van der Waals surface area contributed by atoms with E-state index in [0.717, 1.165) is 32.1 Å². The molecular weight excluding hydrogens is 462 g/mol. The van der Waals surface area contributed by atoms with Gasteiger partial charge in [0, 0.05) is 31.4 Å². The first-order valence-electron chi connectivity index (χ1n) is 12.6. The number of carbonyl (C=O) groups excluding carboxylic acids is 2. The first kappa shape index (κ1) is 27.0. The molecule has 2 heterocycles. The van der Waals surface area contributed by atoms with Crippen LogP contribution in [0.1, 0.15) is 46.0 Å². The summed E-state index contributed by atoms with van der Waals surface area (Å²) in [6, 6.07) is 8.86. The number of nitrogens with zero attached hydrogens (tertiary/aromatic N) is 3. The fourth-order valence-electron chi connectivity index (χ4n) is 4.50. The number of aromatic nitrogens is 2. The van der Waals surface area contributed by atoms with E-state index in [0.29, 0.717) is 25.3 Å². The molecule has 0 radical (unpaired) electrons. The van der Waals surface area contributed by atoms with E-state index in [9.17, 15) is 19.2 Å². The van der Waals surface area contributed by atoms with Gasteiger partial charge >= 0.3 is 11.7 Å². The molecule has 1 unspecified atom stereocenters. The number of amides is 3. The number of para-hydroxylation sites is 1. The molecule has 0 bridgehead atoms. The summed E-state index contributed by atoms with van der Waals surface area (Å²) in [5.74, 6) is -0.280. The number of piperidine rings is 1. The summed E-state index contributed by atoms with van der Waals surface area (Å²) in [5.41, 5.74) is 5.69. The summed E-state index contributed by atoms with van der Waals surface area (Å²) in [6.45, 7) is 5.52. The van der Waals surface area contributed by atoms with E-state index in [-0.39, 0.29) is 42.6 Å². The number of hydrogen-bond donors (Lipinski definition) is 4. The largest absolute Gasteiger partial charge is 0.383 e. The Morgan fingerprint density at radius 1 is 1.17 bits per heavy atom. The van der Waals surface area contributed by atoms with Crippen LogP contribution >= 0.6 is 0 Å². The third kappa shape index (κ3) is 6.75. The molecule has 1 aliphatic rings. The van der Waals surface area contributed by atoms with Gasteiger partial charge in [0.05, 0.1) is 6.54 Å². The molecule has 1 saturated heterocycles. The van der Waals surface area contributed by atoms with Crippen molar-refractivity contribution in [3.8, 4) is 0 Å². The van der Waals surface area contributed by atoms with Crippen LogP contribution < -0.4 is 32.5 Å². The maximum Gasteiger partial charge on any atom is 0.330 e. The van der Waals surface area contributed by atoms with Crippen molar-refractivity contribution in [1.82, 2.24) is 19.8 Å². The SMILES string of the molecule is CCCCn1c(N)c(N(CC)C(=O)CN2CCCCC2CNC(=O)Nc2ccccc2)c(=O)[nH]c1=O. The zero-order valence-electron chi connectivity index (χ0n) is 21.1. The number of nitrogen functional groups attached to an aromatic ring is 1. The van der Waals surface area contributed by atoms with E-state index in [1.54, 1.807) is 6.92 Å². The summed E-state index contributed by atoms with van der Waals surface area (Å²) < 4.78 is 1.31. The van der Waals surface area contributed by atoms with Gasteiger partial charge < -0.3 is 21.3 Å². The minimum Gasteiger partial charge on any atom is -0.383 e. The number of likely N-dealkylation sites (tertiary alicyclic amines) is 1. The number of unbranched alkanes of at least 4 members (excludes halogenated alkanes) is 1. The van der Waals surface area contributed by atoms with E-state index < -0.39 is 11.2 Å². The van der Waals surface area contributed by atoms with Gasteiger partial charge in [-0.1, -0.05) is 38.0 Å². The molecule has 2 aromatic rings. The Bertz CT molecular complexity index is 1150. The first-order chi connectivity index (χ1) is 17.3. The van der Waals surface area contributed by atoms with Gasteiger partial charge in [0.2, 0.25) is 5.91 Å². The predicted octanol–water partition coefficient (Wildman–Crippen LogP) is 1.95. The maximum atomic E-state index is 13.4. The average molecular weight is 500 g/mol. The molecule has 0 aliphatic carbocycles. The lowest BCUT2D eigenvalue weighted by molar-refractivity contribution is -0.120. The Morgan fingerprint density at radius 3 is 2.61 bits per heavy atom. The van der Waals surface area contributed by atoms with E-state index in [4.69, 9.17) is 5.73 Å². The number of benzene rings is 1. The third-order valence-corrected chi connectivity index (χ3v) is 6.45. The number of nitrogens with one attached hydrogen (secondary N) is 3. The summed E-state index contributed by atoms with van der Waals surface area (Å²) >= 11 is 0. The Balaban J connectivity index is 1.70. The Hall–Kier alpha value is -3.60. The van der Waals surface area contributed by atoms with Crippen LogP contribution in [0.2, 0.25) is 0 Å². The van der Waals surface area contributed by atoms with Gasteiger partial charge in [-0.2, -0.15) is 0 Å². The molecule has 11 heteroatoms. The van der Waals surface area contributed by atoms with Gasteiger partial charge in [-0.25, -0.2) is 9.59 Å². The zero-order chi connectivity index (χ0) is 26.1. The number of rotatable bonds is 10. The smallest absolute Gasteiger partial charge is 0.330 e. The van der Waals surface area contributed by atoms with Gasteiger partial charge in [0.1, 0.15) is 5.82 Å².